The van der Waals surface area contributed by atoms with Gasteiger partial charge in [-0.3, -0.25) is 14.4 Å². The van der Waals surface area contributed by atoms with Crippen LogP contribution in [0, 0.1) is 5.92 Å². The molecule has 6 heteroatoms. The molecule has 0 saturated carbocycles. The molecule has 0 saturated heterocycles. The Hall–Kier alpha value is 0.130. The van der Waals surface area contributed by atoms with Crippen LogP contribution in [0.3, 0.4) is 0 Å². The van der Waals surface area contributed by atoms with E-state index in [0.717, 1.165) is 11.8 Å². The number of alkyl halides is 2. The lowest BCUT2D eigenvalue weighted by molar-refractivity contribution is -0.118. The highest BCUT2D eigenvalue weighted by atomic mass is 79.9. The second kappa shape index (κ2) is 7.43. The summed E-state index contributed by atoms with van der Waals surface area (Å²) in [6.45, 7) is 1.38. The minimum Gasteiger partial charge on any atom is -0.298 e. The van der Waals surface area contributed by atoms with Gasteiger partial charge in [0.25, 0.3) is 0 Å². The molecule has 0 N–H and O–H groups in total. The molecule has 0 fully saturated rings. The monoisotopic (exact) mass is 299 g/mol. The Morgan fingerprint density at radius 3 is 2.50 bits per heavy atom. The number of halogens is 2. The van der Waals surface area contributed by atoms with Crippen LogP contribution in [0.2, 0.25) is 0 Å². The van der Waals surface area contributed by atoms with E-state index in [9.17, 15) is 14.4 Å². The van der Waals surface area contributed by atoms with E-state index in [-0.39, 0.29) is 22.6 Å². The summed E-state index contributed by atoms with van der Waals surface area (Å²) in [6, 6.07) is 0. The molecule has 79 valence electrons. The molecule has 2 unspecified atom stereocenters. The molecule has 0 aromatic rings. The maximum Gasteiger partial charge on any atom is 0.209 e. The predicted molar refractivity (Wildman–Crippen MR) is 60.5 cm³/mol. The van der Waals surface area contributed by atoms with Gasteiger partial charge in [0.15, 0.2) is 10.9 Å². The first-order valence-corrected chi connectivity index (χ1v) is 6.22. The third-order valence-electron chi connectivity index (χ3n) is 1.38. The predicted octanol–water partition coefficient (Wildman–Crippen LogP) is 1.91. The van der Waals surface area contributed by atoms with Crippen molar-refractivity contribution in [2.45, 2.75) is 18.1 Å². The zero-order chi connectivity index (χ0) is 11.1. The highest BCUT2D eigenvalue weighted by Gasteiger charge is 2.22. The minimum atomic E-state index is -0.844. The van der Waals surface area contributed by atoms with Crippen molar-refractivity contribution in [3.8, 4) is 0 Å². The molecule has 2 atom stereocenters. The number of carbonyl (C=O) groups is 2. The maximum atomic E-state index is 11.1. The van der Waals surface area contributed by atoms with E-state index in [4.69, 9.17) is 11.6 Å². The number of ketones is 1. The first-order valence-electron chi connectivity index (χ1n) is 3.79. The zero-order valence-electron chi connectivity index (χ0n) is 7.46. The average molecular weight is 301 g/mol. The van der Waals surface area contributed by atoms with Crippen LogP contribution in [-0.4, -0.2) is 27.2 Å². The van der Waals surface area contributed by atoms with Crippen molar-refractivity contribution in [3.05, 3.63) is 0 Å². The topological polar surface area (TPSA) is 51.2 Å². The number of Topliss-reactive ketones (excluding diaryl/α,β-unsaturated/α-hetero) is 1. The molecule has 14 heavy (non-hydrogen) atoms. The van der Waals surface area contributed by atoms with Gasteiger partial charge in [0.05, 0.1) is 16.0 Å². The molecule has 0 bridgehead atoms. The van der Waals surface area contributed by atoms with Gasteiger partial charge in [-0.1, -0.05) is 27.7 Å². The fourth-order valence-corrected chi connectivity index (χ4v) is 2.35. The van der Waals surface area contributed by atoms with Gasteiger partial charge >= 0.3 is 0 Å². The van der Waals surface area contributed by atoms with Gasteiger partial charge in [-0.2, -0.15) is 0 Å². The lowest BCUT2D eigenvalue weighted by atomic mass is 10.0. The van der Waals surface area contributed by atoms with Crippen molar-refractivity contribution in [1.29, 1.82) is 0 Å². The fraction of sp³-hybridized carbons (Fsp3) is 0.625. The van der Waals surface area contributed by atoms with Gasteiger partial charge in [0, 0.05) is 6.92 Å². The van der Waals surface area contributed by atoms with E-state index in [0.29, 0.717) is 0 Å². The standard InChI is InChI=1S/C8H9BrClO3S/c1-5(12)14-8(10)2-6(4-11)7(13)3-9/h6,8H,2-3H2,1H3. The first kappa shape index (κ1) is 14.1. The lowest BCUT2D eigenvalue weighted by Gasteiger charge is -2.10. The molecule has 0 heterocycles. The lowest BCUT2D eigenvalue weighted by Crippen LogP contribution is -2.20. The van der Waals surface area contributed by atoms with Crippen LogP contribution in [-0.2, 0) is 14.4 Å². The number of hydrogen-bond acceptors (Lipinski definition) is 4. The first-order chi connectivity index (χ1) is 6.51. The van der Waals surface area contributed by atoms with Crippen LogP contribution in [0.4, 0.5) is 0 Å². The van der Waals surface area contributed by atoms with Crippen LogP contribution < -0.4 is 0 Å². The smallest absolute Gasteiger partial charge is 0.209 e. The minimum absolute atomic E-state index is 0.0985. The maximum absolute atomic E-state index is 11.1. The summed E-state index contributed by atoms with van der Waals surface area (Å²) in [4.78, 5) is 32.2. The van der Waals surface area contributed by atoms with Gasteiger partial charge in [0.2, 0.25) is 6.29 Å². The van der Waals surface area contributed by atoms with Gasteiger partial charge in [-0.05, 0) is 6.42 Å². The van der Waals surface area contributed by atoms with Crippen molar-refractivity contribution >= 4 is 56.5 Å². The molecular formula is C8H9BrClO3S. The molecule has 3 nitrogen and oxygen atoms in total. The molecule has 0 aromatic carbocycles. The second-order valence-corrected chi connectivity index (χ2v) is 5.25. The van der Waals surface area contributed by atoms with Crippen molar-refractivity contribution in [3.63, 3.8) is 0 Å². The molecule has 0 aromatic heterocycles. The molecular weight excluding hydrogens is 292 g/mol. The van der Waals surface area contributed by atoms with Crippen molar-refractivity contribution in [2.75, 3.05) is 5.33 Å². The summed E-state index contributed by atoms with van der Waals surface area (Å²) >= 11 is 9.60. The highest BCUT2D eigenvalue weighted by molar-refractivity contribution is 9.09. The highest BCUT2D eigenvalue weighted by Crippen LogP contribution is 2.23. The molecule has 1 radical (unpaired) electrons. The van der Waals surface area contributed by atoms with Crippen molar-refractivity contribution < 1.29 is 14.4 Å². The number of carbonyl (C=O) groups excluding carboxylic acids is 3. The van der Waals surface area contributed by atoms with Gasteiger partial charge in [-0.25, -0.2) is 0 Å². The SMILES string of the molecule is CC(=O)SC(Cl)CC([C]=O)C(=O)CBr. The van der Waals surface area contributed by atoms with E-state index in [1.165, 1.54) is 6.92 Å². The molecule has 0 rings (SSSR count). The summed E-state index contributed by atoms with van der Waals surface area (Å²) in [5.41, 5.74) is 0. The third kappa shape index (κ3) is 5.78. The zero-order valence-corrected chi connectivity index (χ0v) is 10.6. The summed E-state index contributed by atoms with van der Waals surface area (Å²) in [5, 5.41) is -0.0396. The summed E-state index contributed by atoms with van der Waals surface area (Å²) < 4.78 is -0.554. The average Bonchev–Trinajstić information content (AvgIpc) is 2.11. The molecule has 0 amide bonds. The van der Waals surface area contributed by atoms with Crippen LogP contribution in [0.5, 0.6) is 0 Å². The number of thioether (sulfide) groups is 1. The Morgan fingerprint density at radius 2 is 2.14 bits per heavy atom. The molecule has 0 aliphatic carbocycles. The van der Waals surface area contributed by atoms with E-state index in [2.05, 4.69) is 15.9 Å². The Bertz CT molecular complexity index is 235. The van der Waals surface area contributed by atoms with Gasteiger partial charge in [-0.15, -0.1) is 11.6 Å². The molecule has 0 spiro atoms. The fourth-order valence-electron chi connectivity index (χ4n) is 0.752. The van der Waals surface area contributed by atoms with E-state index in [1.54, 1.807) is 6.29 Å². The van der Waals surface area contributed by atoms with E-state index < -0.39 is 10.6 Å². The normalized spacial score (nSPS) is 14.5. The summed E-state index contributed by atoms with van der Waals surface area (Å²) in [7, 11) is 0. The van der Waals surface area contributed by atoms with Crippen LogP contribution in [0.25, 0.3) is 0 Å². The Labute approximate surface area is 100 Å². The Morgan fingerprint density at radius 1 is 1.57 bits per heavy atom. The second-order valence-electron chi connectivity index (χ2n) is 2.53. The van der Waals surface area contributed by atoms with Gasteiger partial charge in [0.1, 0.15) is 0 Å². The molecule has 0 aliphatic rings. The van der Waals surface area contributed by atoms with Crippen LogP contribution in [0.1, 0.15) is 13.3 Å². The number of hydrogen-bond donors (Lipinski definition) is 0. The number of rotatable bonds is 6. The van der Waals surface area contributed by atoms with Crippen LogP contribution >= 0.6 is 39.3 Å². The Balaban J connectivity index is 4.11. The van der Waals surface area contributed by atoms with Gasteiger partial charge < -0.3 is 0 Å². The van der Waals surface area contributed by atoms with E-state index in [1.807, 2.05) is 0 Å². The van der Waals surface area contributed by atoms with E-state index >= 15 is 0 Å². The quantitative estimate of drug-likeness (QED) is 0.555. The van der Waals surface area contributed by atoms with Crippen molar-refractivity contribution in [2.24, 2.45) is 5.92 Å². The summed E-state index contributed by atoms with van der Waals surface area (Å²) in [5.74, 6) is -1.11. The van der Waals surface area contributed by atoms with Crippen LogP contribution in [0.15, 0.2) is 0 Å². The largest absolute Gasteiger partial charge is 0.298 e. The van der Waals surface area contributed by atoms with Crippen molar-refractivity contribution in [1.82, 2.24) is 0 Å². The third-order valence-corrected chi connectivity index (χ3v) is 3.16. The molecule has 0 aliphatic heterocycles. The summed E-state index contributed by atoms with van der Waals surface area (Å²) in [6.07, 6.45) is 1.76. The Kier molecular flexibility index (Phi) is 7.49.